The fourth-order valence-corrected chi connectivity index (χ4v) is 3.44. The molecule has 25 heavy (non-hydrogen) atoms. The summed E-state index contributed by atoms with van der Waals surface area (Å²) in [6, 6.07) is 11.7. The van der Waals surface area contributed by atoms with Crippen LogP contribution >= 0.6 is 27.7 Å². The number of benzene rings is 2. The number of carbonyl (C=O) groups excluding carboxylic acids is 1. The highest BCUT2D eigenvalue weighted by Crippen LogP contribution is 2.28. The number of nitrogens with one attached hydrogen (secondary N) is 1. The van der Waals surface area contributed by atoms with Crippen LogP contribution < -0.4 is 10.2 Å². The Bertz CT molecular complexity index is 761. The molecular formula is C19H21BrN2O2S. The van der Waals surface area contributed by atoms with Crippen LogP contribution in [0.5, 0.6) is 5.75 Å². The highest BCUT2D eigenvalue weighted by atomic mass is 79.9. The third-order valence-corrected chi connectivity index (χ3v) is 5.42. The molecule has 2 rings (SSSR count). The molecule has 6 heteroatoms. The van der Waals surface area contributed by atoms with Gasteiger partial charge in [-0.1, -0.05) is 15.9 Å². The van der Waals surface area contributed by atoms with Crippen LogP contribution in [0.3, 0.4) is 0 Å². The quantitative estimate of drug-likeness (QED) is 0.400. The van der Waals surface area contributed by atoms with Crippen LogP contribution in [0.1, 0.15) is 23.6 Å². The highest BCUT2D eigenvalue weighted by Gasteiger charge is 2.06. The summed E-state index contributed by atoms with van der Waals surface area (Å²) in [5.41, 5.74) is 5.76. The van der Waals surface area contributed by atoms with E-state index in [1.165, 1.54) is 11.8 Å². The summed E-state index contributed by atoms with van der Waals surface area (Å²) in [5.74, 6) is 1.01. The molecule has 1 N–H and O–H groups in total. The maximum Gasteiger partial charge on any atom is 0.250 e. The van der Waals surface area contributed by atoms with Crippen molar-refractivity contribution in [3.05, 3.63) is 57.6 Å². The summed E-state index contributed by atoms with van der Waals surface area (Å²) in [7, 11) is 0. The molecule has 132 valence electrons. The summed E-state index contributed by atoms with van der Waals surface area (Å²) in [6.45, 7) is 6.65. The van der Waals surface area contributed by atoms with Gasteiger partial charge < -0.3 is 4.74 Å². The van der Waals surface area contributed by atoms with Gasteiger partial charge in [0.15, 0.2) is 0 Å². The average molecular weight is 421 g/mol. The van der Waals surface area contributed by atoms with Crippen LogP contribution in [0.25, 0.3) is 0 Å². The highest BCUT2D eigenvalue weighted by molar-refractivity contribution is 9.10. The molecule has 2 aromatic rings. The Morgan fingerprint density at radius 2 is 1.96 bits per heavy atom. The molecule has 0 unspecified atom stereocenters. The van der Waals surface area contributed by atoms with E-state index in [1.807, 2.05) is 45.0 Å². The lowest BCUT2D eigenvalue weighted by Crippen LogP contribution is -2.19. The van der Waals surface area contributed by atoms with Gasteiger partial charge in [-0.15, -0.1) is 11.8 Å². The van der Waals surface area contributed by atoms with Gasteiger partial charge in [-0.3, -0.25) is 4.79 Å². The molecule has 0 radical (unpaired) electrons. The van der Waals surface area contributed by atoms with E-state index in [-0.39, 0.29) is 5.91 Å². The van der Waals surface area contributed by atoms with E-state index < -0.39 is 0 Å². The summed E-state index contributed by atoms with van der Waals surface area (Å²) in [6.07, 6.45) is 1.62. The zero-order valence-corrected chi connectivity index (χ0v) is 16.9. The number of hydrazone groups is 1. The minimum absolute atomic E-state index is 0.132. The zero-order valence-electron chi connectivity index (χ0n) is 14.5. The second kappa shape index (κ2) is 9.63. The number of amides is 1. The van der Waals surface area contributed by atoms with Gasteiger partial charge in [-0.25, -0.2) is 5.43 Å². The molecule has 0 aliphatic heterocycles. The van der Waals surface area contributed by atoms with Crippen molar-refractivity contribution in [2.24, 2.45) is 5.10 Å². The van der Waals surface area contributed by atoms with Crippen molar-refractivity contribution in [3.63, 3.8) is 0 Å². The molecule has 0 atom stereocenters. The van der Waals surface area contributed by atoms with E-state index in [4.69, 9.17) is 4.74 Å². The molecule has 2 aromatic carbocycles. The van der Waals surface area contributed by atoms with Gasteiger partial charge >= 0.3 is 0 Å². The zero-order chi connectivity index (χ0) is 18.2. The van der Waals surface area contributed by atoms with E-state index in [1.54, 1.807) is 6.21 Å². The molecule has 0 saturated heterocycles. The van der Waals surface area contributed by atoms with E-state index in [0.717, 1.165) is 31.8 Å². The van der Waals surface area contributed by atoms with E-state index in [2.05, 4.69) is 38.6 Å². The molecule has 0 aliphatic rings. The van der Waals surface area contributed by atoms with Crippen LogP contribution in [-0.2, 0) is 4.79 Å². The second-order valence-electron chi connectivity index (χ2n) is 5.45. The predicted octanol–water partition coefficient (Wildman–Crippen LogP) is 4.71. The van der Waals surface area contributed by atoms with Gasteiger partial charge in [0.2, 0.25) is 5.91 Å². The van der Waals surface area contributed by atoms with Crippen molar-refractivity contribution >= 4 is 39.8 Å². The second-order valence-corrected chi connectivity index (χ2v) is 7.32. The molecule has 0 heterocycles. The molecule has 0 aliphatic carbocycles. The maximum absolute atomic E-state index is 11.9. The lowest BCUT2D eigenvalue weighted by atomic mass is 10.2. The molecule has 0 bridgehead atoms. The minimum Gasteiger partial charge on any atom is -0.494 e. The van der Waals surface area contributed by atoms with Gasteiger partial charge in [-0.05, 0) is 73.9 Å². The standard InChI is InChI=1S/C19H21BrN2O2S/c1-4-24-16-7-5-15(6-8-16)11-21-22-19(23)12-25-18-10-13(2)17(20)9-14(18)3/h5-11H,4,12H2,1-3H3,(H,22,23)/b21-11-. The topological polar surface area (TPSA) is 50.7 Å². The van der Waals surface area contributed by atoms with Crippen molar-refractivity contribution in [2.75, 3.05) is 12.4 Å². The van der Waals surface area contributed by atoms with Gasteiger partial charge in [-0.2, -0.15) is 5.10 Å². The van der Waals surface area contributed by atoms with Gasteiger partial charge in [0.1, 0.15) is 5.75 Å². The largest absolute Gasteiger partial charge is 0.494 e. The molecular weight excluding hydrogens is 400 g/mol. The number of ether oxygens (including phenoxy) is 1. The molecule has 1 amide bonds. The normalized spacial score (nSPS) is 10.9. The number of hydrogen-bond acceptors (Lipinski definition) is 4. The number of hydrogen-bond donors (Lipinski definition) is 1. The third-order valence-electron chi connectivity index (χ3n) is 3.41. The van der Waals surface area contributed by atoms with Crippen LogP contribution in [0.2, 0.25) is 0 Å². The Kier molecular flexibility index (Phi) is 7.52. The van der Waals surface area contributed by atoms with Gasteiger partial charge in [0.05, 0.1) is 18.6 Å². The van der Waals surface area contributed by atoms with Crippen molar-refractivity contribution in [3.8, 4) is 5.75 Å². The Balaban J connectivity index is 1.83. The number of carbonyl (C=O) groups is 1. The Labute approximate surface area is 161 Å². The first-order valence-corrected chi connectivity index (χ1v) is 9.71. The predicted molar refractivity (Wildman–Crippen MR) is 108 cm³/mol. The molecule has 4 nitrogen and oxygen atoms in total. The minimum atomic E-state index is -0.132. The van der Waals surface area contributed by atoms with Crippen molar-refractivity contribution in [1.29, 1.82) is 0 Å². The Morgan fingerprint density at radius 1 is 1.24 bits per heavy atom. The van der Waals surface area contributed by atoms with Crippen LogP contribution in [0.4, 0.5) is 0 Å². The third kappa shape index (κ3) is 6.21. The molecule has 0 spiro atoms. The number of aryl methyl sites for hydroxylation is 2. The number of nitrogens with zero attached hydrogens (tertiary/aromatic N) is 1. The number of rotatable bonds is 7. The lowest BCUT2D eigenvalue weighted by molar-refractivity contribution is -0.118. The van der Waals surface area contributed by atoms with Gasteiger partial charge in [0, 0.05) is 9.37 Å². The van der Waals surface area contributed by atoms with Crippen molar-refractivity contribution in [1.82, 2.24) is 5.43 Å². The summed E-state index contributed by atoms with van der Waals surface area (Å²) >= 11 is 5.02. The Hall–Kier alpha value is -1.79. The van der Waals surface area contributed by atoms with E-state index in [0.29, 0.717) is 12.4 Å². The number of thioether (sulfide) groups is 1. The van der Waals surface area contributed by atoms with Crippen LogP contribution in [0.15, 0.2) is 50.9 Å². The fourth-order valence-electron chi connectivity index (χ4n) is 2.08. The number of halogens is 1. The average Bonchev–Trinajstić information content (AvgIpc) is 2.59. The smallest absolute Gasteiger partial charge is 0.250 e. The van der Waals surface area contributed by atoms with Crippen LogP contribution in [-0.4, -0.2) is 24.5 Å². The maximum atomic E-state index is 11.9. The Morgan fingerprint density at radius 3 is 2.64 bits per heavy atom. The molecule has 0 fully saturated rings. The summed E-state index contributed by atoms with van der Waals surface area (Å²) < 4.78 is 6.47. The van der Waals surface area contributed by atoms with E-state index >= 15 is 0 Å². The lowest BCUT2D eigenvalue weighted by Gasteiger charge is -2.08. The first-order valence-electron chi connectivity index (χ1n) is 7.94. The van der Waals surface area contributed by atoms with E-state index in [9.17, 15) is 4.79 Å². The first kappa shape index (κ1) is 19.5. The fraction of sp³-hybridized carbons (Fsp3) is 0.263. The van der Waals surface area contributed by atoms with Crippen LogP contribution in [0, 0.1) is 13.8 Å². The SMILES string of the molecule is CCOc1ccc(/C=N\NC(=O)CSc2cc(C)c(Br)cc2C)cc1. The van der Waals surface area contributed by atoms with Crippen molar-refractivity contribution < 1.29 is 9.53 Å². The monoisotopic (exact) mass is 420 g/mol. The molecule has 0 aromatic heterocycles. The van der Waals surface area contributed by atoms with Crippen molar-refractivity contribution in [2.45, 2.75) is 25.7 Å². The summed E-state index contributed by atoms with van der Waals surface area (Å²) in [4.78, 5) is 13.0. The van der Waals surface area contributed by atoms with Gasteiger partial charge in [0.25, 0.3) is 0 Å². The summed E-state index contributed by atoms with van der Waals surface area (Å²) in [5, 5.41) is 4.00. The molecule has 0 saturated carbocycles. The first-order chi connectivity index (χ1) is 12.0.